The highest BCUT2D eigenvalue weighted by Gasteiger charge is 2.07. The van der Waals surface area contributed by atoms with E-state index in [0.717, 1.165) is 11.3 Å². The van der Waals surface area contributed by atoms with E-state index in [1.54, 1.807) is 6.92 Å². The van der Waals surface area contributed by atoms with E-state index in [9.17, 15) is 4.79 Å². The molecule has 0 saturated carbocycles. The van der Waals surface area contributed by atoms with Crippen LogP contribution >= 0.6 is 0 Å². The summed E-state index contributed by atoms with van der Waals surface area (Å²) in [5, 5.41) is 4.85. The molecule has 154 valence electrons. The maximum Gasteiger partial charge on any atom is 0.322 e. The molecule has 0 spiro atoms. The zero-order chi connectivity index (χ0) is 21.5. The number of aromatic nitrogens is 2. The van der Waals surface area contributed by atoms with Gasteiger partial charge in [0.1, 0.15) is 5.75 Å². The summed E-state index contributed by atoms with van der Waals surface area (Å²) in [4.78, 5) is 18.0. The van der Waals surface area contributed by atoms with Crippen molar-refractivity contribution >= 4 is 18.2 Å². The maximum atomic E-state index is 9.95. The third-order valence-electron chi connectivity index (χ3n) is 3.09. The Labute approximate surface area is 165 Å². The number of nitrogens with two attached hydrogens (primary N) is 2. The molecular formula is C19H30N6O3. The van der Waals surface area contributed by atoms with E-state index in [1.807, 2.05) is 56.7 Å². The molecule has 0 aliphatic carbocycles. The summed E-state index contributed by atoms with van der Waals surface area (Å²) >= 11 is 0. The minimum absolute atomic E-state index is 0.115. The Morgan fingerprint density at radius 3 is 2.64 bits per heavy atom. The number of aryl methyl sites for hydroxylation is 1. The van der Waals surface area contributed by atoms with Gasteiger partial charge in [0.25, 0.3) is 0 Å². The van der Waals surface area contributed by atoms with Gasteiger partial charge in [-0.2, -0.15) is 5.10 Å². The van der Waals surface area contributed by atoms with E-state index in [4.69, 9.17) is 16.3 Å². The van der Waals surface area contributed by atoms with Crippen LogP contribution in [0.4, 0.5) is 0 Å². The van der Waals surface area contributed by atoms with E-state index < -0.39 is 0 Å². The lowest BCUT2D eigenvalue weighted by Gasteiger charge is -2.15. The van der Waals surface area contributed by atoms with E-state index in [1.165, 1.54) is 17.9 Å². The van der Waals surface area contributed by atoms with Crippen LogP contribution in [0.3, 0.4) is 0 Å². The van der Waals surface area contributed by atoms with Crippen LogP contribution in [-0.2, 0) is 9.63 Å². The average Bonchev–Trinajstić information content (AvgIpc) is 3.08. The van der Waals surface area contributed by atoms with E-state index >= 15 is 0 Å². The number of pyridine rings is 1. The molecule has 9 nitrogen and oxygen atoms in total. The zero-order valence-electron chi connectivity index (χ0n) is 17.1. The van der Waals surface area contributed by atoms with Gasteiger partial charge in [-0.1, -0.05) is 20.4 Å². The topological polar surface area (TPSA) is 120 Å². The molecule has 0 unspecified atom stereocenters. The number of carbonyl (C=O) groups is 1. The van der Waals surface area contributed by atoms with Gasteiger partial charge in [0.05, 0.1) is 30.2 Å². The lowest BCUT2D eigenvalue weighted by molar-refractivity contribution is -0.165. The molecule has 0 radical (unpaired) electrons. The third-order valence-corrected chi connectivity index (χ3v) is 3.09. The van der Waals surface area contributed by atoms with Gasteiger partial charge in [0.15, 0.2) is 0 Å². The fourth-order valence-corrected chi connectivity index (χ4v) is 1.91. The van der Waals surface area contributed by atoms with E-state index in [0.29, 0.717) is 11.8 Å². The number of hydrazine groups is 1. The fourth-order valence-electron chi connectivity index (χ4n) is 1.91. The first-order chi connectivity index (χ1) is 13.5. The molecule has 2 aromatic rings. The first-order valence-electron chi connectivity index (χ1n) is 8.81. The normalized spacial score (nSPS) is 10.8. The van der Waals surface area contributed by atoms with E-state index in [2.05, 4.69) is 21.5 Å². The lowest BCUT2D eigenvalue weighted by Crippen LogP contribution is -2.31. The largest absolute Gasteiger partial charge is 0.492 e. The zero-order valence-corrected chi connectivity index (χ0v) is 17.1. The van der Waals surface area contributed by atoms with Crippen molar-refractivity contribution in [2.75, 3.05) is 6.61 Å². The number of fused-ring (bicyclic) bond motifs is 1. The standard InChI is InChI=1S/C10H12N2O.C7H12N4O2.C2H6/c1-3-13-9-4-5-10-8(2)6-11-12(10)7-9;1-3-6(8)7(10-4-2)11(9)13-5-12;1-2/h4-7H,3H2,1-2H3;3-5H,1,8-9H2,2H3;1-2H3/b;7-6-,10-4-;. The van der Waals surface area contributed by atoms with Gasteiger partial charge >= 0.3 is 6.47 Å². The monoisotopic (exact) mass is 390 g/mol. The molecule has 4 N–H and O–H groups in total. The molecule has 0 aliphatic rings. The highest BCUT2D eigenvalue weighted by molar-refractivity contribution is 5.55. The number of aliphatic imine (C=N–C) groups is 1. The minimum atomic E-state index is 0.115. The van der Waals surface area contributed by atoms with Crippen molar-refractivity contribution in [1.82, 2.24) is 14.8 Å². The van der Waals surface area contributed by atoms with Gasteiger partial charge in [0.2, 0.25) is 5.82 Å². The number of allylic oxidation sites excluding steroid dienone is 1. The van der Waals surface area contributed by atoms with Gasteiger partial charge in [0, 0.05) is 6.21 Å². The van der Waals surface area contributed by atoms with Crippen LogP contribution in [0.15, 0.2) is 53.7 Å². The van der Waals surface area contributed by atoms with E-state index in [-0.39, 0.29) is 18.0 Å². The Morgan fingerprint density at radius 1 is 1.43 bits per heavy atom. The predicted octanol–water partition coefficient (Wildman–Crippen LogP) is 2.72. The molecule has 9 heteroatoms. The second-order valence-electron chi connectivity index (χ2n) is 4.85. The quantitative estimate of drug-likeness (QED) is 0.245. The first-order valence-corrected chi connectivity index (χ1v) is 8.81. The summed E-state index contributed by atoms with van der Waals surface area (Å²) in [6.07, 6.45) is 6.55. The summed E-state index contributed by atoms with van der Waals surface area (Å²) in [7, 11) is 0. The number of hydrogen-bond acceptors (Lipinski definition) is 8. The van der Waals surface area contributed by atoms with Crippen LogP contribution in [0.25, 0.3) is 5.52 Å². The Bertz CT molecular complexity index is 798. The Morgan fingerprint density at radius 2 is 2.11 bits per heavy atom. The van der Waals surface area contributed by atoms with Crippen LogP contribution in [0, 0.1) is 6.92 Å². The van der Waals surface area contributed by atoms with Crippen LogP contribution in [0.2, 0.25) is 0 Å². The summed E-state index contributed by atoms with van der Waals surface area (Å²) in [6.45, 7) is 14.0. The van der Waals surface area contributed by atoms with Gasteiger partial charge in [-0.15, -0.1) is 5.17 Å². The maximum absolute atomic E-state index is 9.95. The molecule has 28 heavy (non-hydrogen) atoms. The highest BCUT2D eigenvalue weighted by atomic mass is 16.7. The second-order valence-corrected chi connectivity index (χ2v) is 4.85. The van der Waals surface area contributed by atoms with Gasteiger partial charge in [-0.25, -0.2) is 15.4 Å². The lowest BCUT2D eigenvalue weighted by atomic mass is 10.3. The number of hydroxylamine groups is 1. The summed E-state index contributed by atoms with van der Waals surface area (Å²) in [5.41, 5.74) is 7.99. The smallest absolute Gasteiger partial charge is 0.322 e. The molecule has 0 atom stereocenters. The molecule has 0 saturated heterocycles. The van der Waals surface area contributed by atoms with Crippen molar-refractivity contribution in [3.8, 4) is 5.75 Å². The molecule has 2 rings (SSSR count). The minimum Gasteiger partial charge on any atom is -0.492 e. The van der Waals surface area contributed by atoms with Gasteiger partial charge < -0.3 is 15.3 Å². The molecule has 2 aromatic heterocycles. The van der Waals surface area contributed by atoms with Crippen LogP contribution in [-0.4, -0.2) is 34.1 Å². The van der Waals surface area contributed by atoms with Crippen molar-refractivity contribution in [3.63, 3.8) is 0 Å². The van der Waals surface area contributed by atoms with Gasteiger partial charge in [-0.3, -0.25) is 4.79 Å². The average molecular weight is 390 g/mol. The molecule has 0 aromatic carbocycles. The molecule has 2 heterocycles. The van der Waals surface area contributed by atoms with Crippen LogP contribution < -0.4 is 16.3 Å². The first kappa shape index (κ1) is 24.7. The van der Waals surface area contributed by atoms with Crippen molar-refractivity contribution < 1.29 is 14.4 Å². The number of rotatable bonds is 7. The Balaban J connectivity index is 0.000000478. The predicted molar refractivity (Wildman–Crippen MR) is 111 cm³/mol. The highest BCUT2D eigenvalue weighted by Crippen LogP contribution is 2.15. The fraction of sp³-hybridized carbons (Fsp3) is 0.316. The van der Waals surface area contributed by atoms with Crippen molar-refractivity contribution in [2.24, 2.45) is 16.6 Å². The van der Waals surface area contributed by atoms with Crippen LogP contribution in [0.1, 0.15) is 33.3 Å². The SMILES string of the molecule is C=C/C(N)=C(\N=C/C)N(N)OC=O.CC.CCOc1ccc2c(C)cnn2c1. The second kappa shape index (κ2) is 13.8. The third kappa shape index (κ3) is 7.50. The Hall–Kier alpha value is -3.33. The number of carbonyl (C=O) groups excluding carboxylic acids is 1. The van der Waals surface area contributed by atoms with Crippen molar-refractivity contribution in [3.05, 3.63) is 54.3 Å². The Kier molecular flexibility index (Phi) is 12.2. The van der Waals surface area contributed by atoms with Crippen molar-refractivity contribution in [1.29, 1.82) is 0 Å². The number of nitrogens with zero attached hydrogens (tertiary/aromatic N) is 4. The molecule has 0 bridgehead atoms. The molecule has 0 fully saturated rings. The molecular weight excluding hydrogens is 360 g/mol. The molecule has 0 amide bonds. The number of hydrogen-bond donors (Lipinski definition) is 2. The van der Waals surface area contributed by atoms with Crippen LogP contribution in [0.5, 0.6) is 5.75 Å². The summed E-state index contributed by atoms with van der Waals surface area (Å²) in [5.74, 6) is 6.25. The van der Waals surface area contributed by atoms with Gasteiger partial charge in [-0.05, 0) is 44.5 Å². The van der Waals surface area contributed by atoms with Crippen molar-refractivity contribution in [2.45, 2.75) is 34.6 Å². The number of ether oxygens (including phenoxy) is 1. The molecule has 0 aliphatic heterocycles. The summed E-state index contributed by atoms with van der Waals surface area (Å²) in [6, 6.07) is 3.99. The summed E-state index contributed by atoms with van der Waals surface area (Å²) < 4.78 is 7.20.